The largest absolute Gasteiger partial charge is 0.453 e. The zero-order valence-electron chi connectivity index (χ0n) is 10.2. The molecule has 0 aliphatic rings. The Morgan fingerprint density at radius 2 is 2.05 bits per heavy atom. The second-order valence-corrected chi connectivity index (χ2v) is 5.41. The normalized spacial score (nSPS) is 12.3. The summed E-state index contributed by atoms with van der Waals surface area (Å²) in [7, 11) is 0. The Bertz CT molecular complexity index is 604. The van der Waals surface area contributed by atoms with Crippen LogP contribution in [-0.4, -0.2) is 0 Å². The molecule has 0 spiro atoms. The summed E-state index contributed by atoms with van der Waals surface area (Å²) in [6.45, 7) is 1.78. The smallest absolute Gasteiger partial charge is 0.167 e. The Morgan fingerprint density at radius 3 is 2.68 bits per heavy atom. The maximum absolute atomic E-state index is 13.9. The highest BCUT2D eigenvalue weighted by Crippen LogP contribution is 2.36. The monoisotopic (exact) mass is 343 g/mol. The molecule has 0 aliphatic heterocycles. The van der Waals surface area contributed by atoms with Gasteiger partial charge in [0.2, 0.25) is 0 Å². The van der Waals surface area contributed by atoms with E-state index < -0.39 is 5.82 Å². The van der Waals surface area contributed by atoms with E-state index >= 15 is 0 Å². The number of rotatable bonds is 3. The van der Waals surface area contributed by atoms with E-state index in [2.05, 4.69) is 15.9 Å². The molecule has 1 atom stereocenters. The summed E-state index contributed by atoms with van der Waals surface area (Å²) in [5.74, 6) is 0.175. The molecular formula is C14H12BrClFNO. The summed E-state index contributed by atoms with van der Waals surface area (Å²) in [5, 5.41) is 0.570. The predicted molar refractivity (Wildman–Crippen MR) is 78.2 cm³/mol. The van der Waals surface area contributed by atoms with Crippen LogP contribution in [0.3, 0.4) is 0 Å². The molecule has 0 fully saturated rings. The maximum Gasteiger partial charge on any atom is 0.167 e. The third-order valence-corrected chi connectivity index (χ3v) is 3.45. The van der Waals surface area contributed by atoms with Crippen LogP contribution in [0.4, 0.5) is 4.39 Å². The minimum Gasteiger partial charge on any atom is -0.453 e. The van der Waals surface area contributed by atoms with Gasteiger partial charge in [0.15, 0.2) is 11.6 Å². The van der Waals surface area contributed by atoms with Crippen molar-refractivity contribution in [2.24, 2.45) is 5.73 Å². The average Bonchev–Trinajstić information content (AvgIpc) is 2.34. The van der Waals surface area contributed by atoms with Crippen molar-refractivity contribution in [3.05, 3.63) is 57.3 Å². The van der Waals surface area contributed by atoms with Gasteiger partial charge in [-0.15, -0.1) is 0 Å². The summed E-state index contributed by atoms with van der Waals surface area (Å²) in [6, 6.07) is 9.40. The van der Waals surface area contributed by atoms with E-state index in [4.69, 9.17) is 22.1 Å². The van der Waals surface area contributed by atoms with Crippen molar-refractivity contribution in [1.82, 2.24) is 0 Å². The summed E-state index contributed by atoms with van der Waals surface area (Å²) < 4.78 is 20.2. The van der Waals surface area contributed by atoms with Gasteiger partial charge in [0.05, 0.1) is 4.47 Å². The summed E-state index contributed by atoms with van der Waals surface area (Å²) >= 11 is 9.18. The Morgan fingerprint density at radius 1 is 1.32 bits per heavy atom. The van der Waals surface area contributed by atoms with E-state index in [1.54, 1.807) is 37.3 Å². The van der Waals surface area contributed by atoms with Crippen LogP contribution in [0.1, 0.15) is 18.5 Å². The molecule has 2 aromatic rings. The zero-order valence-corrected chi connectivity index (χ0v) is 12.5. The summed E-state index contributed by atoms with van der Waals surface area (Å²) in [6.07, 6.45) is 0. The van der Waals surface area contributed by atoms with Gasteiger partial charge in [-0.25, -0.2) is 4.39 Å². The molecular weight excluding hydrogens is 333 g/mol. The maximum atomic E-state index is 13.9. The number of hydrogen-bond acceptors (Lipinski definition) is 2. The minimum atomic E-state index is -0.448. The van der Waals surface area contributed by atoms with E-state index in [1.807, 2.05) is 0 Å². The van der Waals surface area contributed by atoms with Gasteiger partial charge < -0.3 is 10.5 Å². The SMILES string of the molecule is C[C@H](N)c1cccc(F)c1Oc1ccc(Cl)cc1Br. The Labute approximate surface area is 124 Å². The van der Waals surface area contributed by atoms with Crippen LogP contribution >= 0.6 is 27.5 Å². The first-order valence-corrected chi connectivity index (χ1v) is 6.83. The van der Waals surface area contributed by atoms with E-state index in [1.165, 1.54) is 6.07 Å². The Balaban J connectivity index is 2.43. The van der Waals surface area contributed by atoms with Gasteiger partial charge in [0.25, 0.3) is 0 Å². The van der Waals surface area contributed by atoms with Gasteiger partial charge >= 0.3 is 0 Å². The molecule has 0 saturated heterocycles. The first-order valence-electron chi connectivity index (χ1n) is 5.66. The lowest BCUT2D eigenvalue weighted by Gasteiger charge is -2.15. The van der Waals surface area contributed by atoms with Gasteiger partial charge in [-0.3, -0.25) is 0 Å². The van der Waals surface area contributed by atoms with Crippen molar-refractivity contribution in [2.75, 3.05) is 0 Å². The van der Waals surface area contributed by atoms with Crippen LogP contribution in [0.15, 0.2) is 40.9 Å². The zero-order chi connectivity index (χ0) is 14.0. The lowest BCUT2D eigenvalue weighted by atomic mass is 10.1. The third-order valence-electron chi connectivity index (χ3n) is 2.59. The fraction of sp³-hybridized carbons (Fsp3) is 0.143. The number of halogens is 3. The van der Waals surface area contributed by atoms with Gasteiger partial charge in [0.1, 0.15) is 5.75 Å². The molecule has 0 heterocycles. The Hall–Kier alpha value is -1.10. The van der Waals surface area contributed by atoms with Gasteiger partial charge in [-0.1, -0.05) is 23.7 Å². The second-order valence-electron chi connectivity index (χ2n) is 4.12. The molecule has 2 nitrogen and oxygen atoms in total. The highest BCUT2D eigenvalue weighted by molar-refractivity contribution is 9.10. The molecule has 0 amide bonds. The molecule has 19 heavy (non-hydrogen) atoms. The molecule has 5 heteroatoms. The standard InChI is InChI=1S/C14H12BrClFNO/c1-8(18)10-3-2-4-12(17)14(10)19-13-6-5-9(16)7-11(13)15/h2-8H,18H2,1H3/t8-/m0/s1. The topological polar surface area (TPSA) is 35.2 Å². The predicted octanol–water partition coefficient (Wildman–Crippen LogP) is 5.05. The molecule has 0 radical (unpaired) electrons. The van der Waals surface area contributed by atoms with Gasteiger partial charge in [-0.2, -0.15) is 0 Å². The Kier molecular flexibility index (Phi) is 4.45. The van der Waals surface area contributed by atoms with Crippen molar-refractivity contribution >= 4 is 27.5 Å². The molecule has 0 saturated carbocycles. The van der Waals surface area contributed by atoms with Crippen molar-refractivity contribution in [3.63, 3.8) is 0 Å². The van der Waals surface area contributed by atoms with Gasteiger partial charge in [-0.05, 0) is 47.1 Å². The fourth-order valence-electron chi connectivity index (χ4n) is 1.66. The van der Waals surface area contributed by atoms with Crippen LogP contribution in [-0.2, 0) is 0 Å². The number of benzene rings is 2. The first-order chi connectivity index (χ1) is 8.99. The third kappa shape index (κ3) is 3.26. The van der Waals surface area contributed by atoms with E-state index in [0.29, 0.717) is 20.8 Å². The molecule has 100 valence electrons. The van der Waals surface area contributed by atoms with E-state index in [0.717, 1.165) is 0 Å². The number of hydrogen-bond donors (Lipinski definition) is 1. The second kappa shape index (κ2) is 5.90. The summed E-state index contributed by atoms with van der Waals surface area (Å²) in [4.78, 5) is 0. The summed E-state index contributed by atoms with van der Waals surface area (Å²) in [5.41, 5.74) is 6.43. The van der Waals surface area contributed by atoms with Crippen molar-refractivity contribution in [3.8, 4) is 11.5 Å². The van der Waals surface area contributed by atoms with Gasteiger partial charge in [0, 0.05) is 16.6 Å². The molecule has 2 N–H and O–H groups in total. The highest BCUT2D eigenvalue weighted by Gasteiger charge is 2.15. The minimum absolute atomic E-state index is 0.139. The lowest BCUT2D eigenvalue weighted by Crippen LogP contribution is -2.07. The van der Waals surface area contributed by atoms with Crippen LogP contribution in [0.2, 0.25) is 5.02 Å². The first kappa shape index (κ1) is 14.3. The molecule has 0 unspecified atom stereocenters. The molecule has 0 aliphatic carbocycles. The quantitative estimate of drug-likeness (QED) is 0.845. The fourth-order valence-corrected chi connectivity index (χ4v) is 2.42. The van der Waals surface area contributed by atoms with Crippen LogP contribution < -0.4 is 10.5 Å². The van der Waals surface area contributed by atoms with E-state index in [9.17, 15) is 4.39 Å². The molecule has 0 bridgehead atoms. The highest BCUT2D eigenvalue weighted by atomic mass is 79.9. The van der Waals surface area contributed by atoms with Crippen LogP contribution in [0, 0.1) is 5.82 Å². The van der Waals surface area contributed by atoms with Crippen molar-refractivity contribution in [2.45, 2.75) is 13.0 Å². The van der Waals surface area contributed by atoms with Crippen LogP contribution in [0.5, 0.6) is 11.5 Å². The average molecular weight is 345 g/mol. The molecule has 0 aromatic heterocycles. The number of para-hydroxylation sites is 1. The van der Waals surface area contributed by atoms with E-state index in [-0.39, 0.29) is 11.8 Å². The van der Waals surface area contributed by atoms with Crippen molar-refractivity contribution < 1.29 is 9.13 Å². The lowest BCUT2D eigenvalue weighted by molar-refractivity contribution is 0.430. The van der Waals surface area contributed by atoms with Crippen LogP contribution in [0.25, 0.3) is 0 Å². The van der Waals surface area contributed by atoms with Crippen molar-refractivity contribution in [1.29, 1.82) is 0 Å². The molecule has 2 rings (SSSR count). The number of nitrogens with two attached hydrogens (primary N) is 1. The molecule has 2 aromatic carbocycles. The number of ether oxygens (including phenoxy) is 1.